The van der Waals surface area contributed by atoms with E-state index in [0.717, 1.165) is 0 Å². The number of hydrogen-bond acceptors (Lipinski definition) is 4. The maximum atomic E-state index is 11.9. The molecule has 0 heterocycles. The fraction of sp³-hybridized carbons (Fsp3) is 0.857. The number of carbonyl (C=O) groups is 1. The van der Waals surface area contributed by atoms with E-state index in [4.69, 9.17) is 21.7 Å². The van der Waals surface area contributed by atoms with E-state index in [9.17, 15) is 4.79 Å². The Hall–Kier alpha value is -1.04. The van der Waals surface area contributed by atoms with Crippen LogP contribution in [0.5, 0.6) is 0 Å². The predicted octanol–water partition coefficient (Wildman–Crippen LogP) is 3.63. The van der Waals surface area contributed by atoms with Crippen molar-refractivity contribution >= 4 is 23.5 Å². The lowest BCUT2D eigenvalue weighted by Crippen LogP contribution is -2.57. The maximum absolute atomic E-state index is 11.9. The Balaban J connectivity index is 4.93. The molecule has 0 saturated carbocycles. The van der Waals surface area contributed by atoms with E-state index in [1.54, 1.807) is 20.8 Å². The Kier molecular flexibility index (Phi) is 5.84. The van der Waals surface area contributed by atoms with E-state index >= 15 is 0 Å². The number of ether oxygens (including phenoxy) is 2. The third-order valence-corrected chi connectivity index (χ3v) is 2.11. The van der Waals surface area contributed by atoms with Crippen molar-refractivity contribution < 1.29 is 14.3 Å². The molecule has 0 aromatic carbocycles. The molecule has 0 rings (SSSR count). The van der Waals surface area contributed by atoms with Crippen LogP contribution >= 0.6 is 12.2 Å². The maximum Gasteiger partial charge on any atom is 0.426 e. The SMILES string of the molecule is CC(C)(C)OC(=O)NN(C(=S)OC(C)(C)C)C(C)(C)C. The Morgan fingerprint density at radius 3 is 1.60 bits per heavy atom. The van der Waals surface area contributed by atoms with E-state index in [-0.39, 0.29) is 5.17 Å². The lowest BCUT2D eigenvalue weighted by molar-refractivity contribution is 0.0164. The van der Waals surface area contributed by atoms with Gasteiger partial charge in [0.25, 0.3) is 5.17 Å². The minimum absolute atomic E-state index is 0.204. The number of nitrogens with one attached hydrogen (secondary N) is 1. The van der Waals surface area contributed by atoms with Crippen molar-refractivity contribution in [2.24, 2.45) is 0 Å². The molecule has 6 heteroatoms. The molecule has 0 aliphatic rings. The Labute approximate surface area is 128 Å². The van der Waals surface area contributed by atoms with Gasteiger partial charge in [-0.15, -0.1) is 0 Å². The molecule has 5 nitrogen and oxygen atoms in total. The molecule has 0 aliphatic carbocycles. The minimum atomic E-state index is -0.569. The zero-order valence-electron chi connectivity index (χ0n) is 14.1. The number of hydrazine groups is 1. The molecule has 20 heavy (non-hydrogen) atoms. The summed E-state index contributed by atoms with van der Waals surface area (Å²) in [6, 6.07) is 0. The summed E-state index contributed by atoms with van der Waals surface area (Å²) in [4.78, 5) is 11.9. The van der Waals surface area contributed by atoms with Crippen molar-refractivity contribution in [3.63, 3.8) is 0 Å². The molecule has 0 aromatic heterocycles. The molecule has 0 fully saturated rings. The molecule has 0 unspecified atom stereocenters. The van der Waals surface area contributed by atoms with Gasteiger partial charge in [-0.05, 0) is 74.5 Å². The van der Waals surface area contributed by atoms with E-state index in [2.05, 4.69) is 5.43 Å². The van der Waals surface area contributed by atoms with Crippen LogP contribution in [0.15, 0.2) is 0 Å². The van der Waals surface area contributed by atoms with Crippen molar-refractivity contribution in [2.75, 3.05) is 0 Å². The van der Waals surface area contributed by atoms with Gasteiger partial charge in [0.05, 0.1) is 5.54 Å². The van der Waals surface area contributed by atoms with Gasteiger partial charge < -0.3 is 9.47 Å². The number of nitrogens with zero attached hydrogens (tertiary/aromatic N) is 1. The van der Waals surface area contributed by atoms with E-state index in [1.165, 1.54) is 5.01 Å². The largest absolute Gasteiger partial charge is 0.464 e. The van der Waals surface area contributed by atoms with Crippen LogP contribution in [0.3, 0.4) is 0 Å². The predicted molar refractivity (Wildman–Crippen MR) is 84.4 cm³/mol. The molecular formula is C14H28N2O3S. The Morgan fingerprint density at radius 2 is 1.30 bits per heavy atom. The van der Waals surface area contributed by atoms with Gasteiger partial charge >= 0.3 is 6.09 Å². The van der Waals surface area contributed by atoms with Gasteiger partial charge in [-0.3, -0.25) is 0 Å². The van der Waals surface area contributed by atoms with Crippen molar-refractivity contribution in [1.82, 2.24) is 10.4 Å². The van der Waals surface area contributed by atoms with Gasteiger partial charge in [0.2, 0.25) is 0 Å². The average molecular weight is 304 g/mol. The first-order valence-corrected chi connectivity index (χ1v) is 7.05. The third kappa shape index (κ3) is 8.19. The fourth-order valence-corrected chi connectivity index (χ4v) is 1.76. The smallest absolute Gasteiger partial charge is 0.426 e. The van der Waals surface area contributed by atoms with Crippen LogP contribution < -0.4 is 5.43 Å². The number of amides is 1. The monoisotopic (exact) mass is 304 g/mol. The molecule has 0 aliphatic heterocycles. The number of carbonyl (C=O) groups excluding carboxylic acids is 1. The van der Waals surface area contributed by atoms with Crippen LogP contribution in [-0.4, -0.2) is 33.0 Å². The van der Waals surface area contributed by atoms with Crippen LogP contribution in [0.25, 0.3) is 0 Å². The molecule has 0 saturated heterocycles. The molecular weight excluding hydrogens is 276 g/mol. The molecule has 0 spiro atoms. The summed E-state index contributed by atoms with van der Waals surface area (Å²) in [6.45, 7) is 16.9. The third-order valence-electron chi connectivity index (χ3n) is 1.85. The molecule has 0 bridgehead atoms. The van der Waals surface area contributed by atoms with E-state index in [1.807, 2.05) is 41.5 Å². The minimum Gasteiger partial charge on any atom is -0.464 e. The highest BCUT2D eigenvalue weighted by atomic mass is 32.1. The first-order chi connectivity index (χ1) is 8.62. The second-order valence-corrected chi connectivity index (χ2v) is 7.95. The molecule has 0 aromatic rings. The van der Waals surface area contributed by atoms with Crippen molar-refractivity contribution in [3.05, 3.63) is 0 Å². The average Bonchev–Trinajstić information content (AvgIpc) is 2.05. The van der Waals surface area contributed by atoms with Crippen molar-refractivity contribution in [2.45, 2.75) is 79.1 Å². The lowest BCUT2D eigenvalue weighted by atomic mass is 10.1. The van der Waals surface area contributed by atoms with Gasteiger partial charge in [0.15, 0.2) is 0 Å². The van der Waals surface area contributed by atoms with Gasteiger partial charge in [-0.2, -0.15) is 0 Å². The summed E-state index contributed by atoms with van der Waals surface area (Å²) in [5.74, 6) is 0. The lowest BCUT2D eigenvalue weighted by Gasteiger charge is -2.38. The fourth-order valence-electron chi connectivity index (χ4n) is 1.19. The zero-order valence-corrected chi connectivity index (χ0v) is 14.9. The van der Waals surface area contributed by atoms with Crippen LogP contribution in [-0.2, 0) is 9.47 Å². The quantitative estimate of drug-likeness (QED) is 0.547. The molecule has 1 amide bonds. The highest BCUT2D eigenvalue weighted by Crippen LogP contribution is 2.17. The second-order valence-electron chi connectivity index (χ2n) is 7.60. The van der Waals surface area contributed by atoms with Crippen LogP contribution in [0.2, 0.25) is 0 Å². The summed E-state index contributed by atoms with van der Waals surface area (Å²) < 4.78 is 10.9. The molecule has 0 radical (unpaired) electrons. The first kappa shape index (κ1) is 19.0. The Morgan fingerprint density at radius 1 is 0.900 bits per heavy atom. The highest BCUT2D eigenvalue weighted by Gasteiger charge is 2.31. The number of hydrogen-bond donors (Lipinski definition) is 1. The van der Waals surface area contributed by atoms with Gasteiger partial charge in [-0.25, -0.2) is 15.2 Å². The summed E-state index contributed by atoms with van der Waals surface area (Å²) in [5, 5.41) is 1.71. The summed E-state index contributed by atoms with van der Waals surface area (Å²) in [5.41, 5.74) is 1.21. The number of thiocarbonyl (C=S) groups is 1. The molecule has 1 N–H and O–H groups in total. The van der Waals surface area contributed by atoms with Crippen LogP contribution in [0.4, 0.5) is 4.79 Å². The van der Waals surface area contributed by atoms with Crippen molar-refractivity contribution in [1.29, 1.82) is 0 Å². The van der Waals surface area contributed by atoms with Gasteiger partial charge in [-0.1, -0.05) is 0 Å². The Bertz CT molecular complexity index is 362. The van der Waals surface area contributed by atoms with Crippen LogP contribution in [0.1, 0.15) is 62.3 Å². The van der Waals surface area contributed by atoms with Gasteiger partial charge in [0, 0.05) is 0 Å². The highest BCUT2D eigenvalue weighted by molar-refractivity contribution is 7.80. The van der Waals surface area contributed by atoms with Crippen LogP contribution in [0, 0.1) is 0 Å². The second kappa shape index (κ2) is 6.16. The zero-order chi connectivity index (χ0) is 16.4. The first-order valence-electron chi connectivity index (χ1n) is 6.65. The standard InChI is InChI=1S/C14H28N2O3S/c1-12(2,3)16(11(20)19-14(7,8)9)15-10(17)18-13(4,5)6/h1-9H3,(H,15,17). The summed E-state index contributed by atoms with van der Waals surface area (Å²) in [7, 11) is 0. The number of rotatable bonds is 0. The van der Waals surface area contributed by atoms with E-state index < -0.39 is 22.8 Å². The summed E-state index contributed by atoms with van der Waals surface area (Å²) in [6.07, 6.45) is -0.563. The normalized spacial score (nSPS) is 12.7. The topological polar surface area (TPSA) is 50.8 Å². The molecule has 0 atom stereocenters. The molecule has 118 valence electrons. The summed E-state index contributed by atoms with van der Waals surface area (Å²) >= 11 is 5.26. The van der Waals surface area contributed by atoms with Crippen molar-refractivity contribution in [3.8, 4) is 0 Å². The van der Waals surface area contributed by atoms with Gasteiger partial charge in [0.1, 0.15) is 11.2 Å². The van der Waals surface area contributed by atoms with E-state index in [0.29, 0.717) is 0 Å².